The molecule has 0 aromatic carbocycles. The second-order valence-corrected chi connectivity index (χ2v) is 3.86. The Labute approximate surface area is 92.2 Å². The molecule has 4 nitrogen and oxygen atoms in total. The smallest absolute Gasteiger partial charge is 0.232 e. The molecular formula is C9H14BrN3O. The Morgan fingerprint density at radius 2 is 2.36 bits per heavy atom. The van der Waals surface area contributed by atoms with Crippen LogP contribution in [0.1, 0.15) is 20.3 Å². The lowest BCUT2D eigenvalue weighted by Crippen LogP contribution is -2.15. The predicted octanol–water partition coefficient (Wildman–Crippen LogP) is 2.46. The normalized spacial score (nSPS) is 12.3. The molecule has 0 saturated heterocycles. The lowest BCUT2D eigenvalue weighted by Gasteiger charge is -2.11. The number of methoxy groups -OCH3 is 1. The van der Waals surface area contributed by atoms with Gasteiger partial charge in [0.15, 0.2) is 0 Å². The summed E-state index contributed by atoms with van der Waals surface area (Å²) < 4.78 is 5.82. The second-order valence-electron chi connectivity index (χ2n) is 3.00. The van der Waals surface area contributed by atoms with Crippen molar-refractivity contribution in [3.8, 4) is 5.88 Å². The highest BCUT2D eigenvalue weighted by molar-refractivity contribution is 9.10. The molecule has 1 aromatic heterocycles. The zero-order valence-electron chi connectivity index (χ0n) is 8.54. The predicted molar refractivity (Wildman–Crippen MR) is 59.7 cm³/mol. The lowest BCUT2D eigenvalue weighted by molar-refractivity contribution is 0.394. The quantitative estimate of drug-likeness (QED) is 0.903. The Balaban J connectivity index is 2.79. The number of anilines is 1. The van der Waals surface area contributed by atoms with Crippen LogP contribution in [0.5, 0.6) is 5.88 Å². The maximum atomic E-state index is 5.06. The molecule has 1 unspecified atom stereocenters. The van der Waals surface area contributed by atoms with Gasteiger partial charge in [-0.15, -0.1) is 0 Å². The largest absolute Gasteiger partial charge is 0.480 e. The molecule has 0 fully saturated rings. The van der Waals surface area contributed by atoms with Gasteiger partial charge in [0, 0.05) is 6.04 Å². The van der Waals surface area contributed by atoms with E-state index in [-0.39, 0.29) is 0 Å². The van der Waals surface area contributed by atoms with Gasteiger partial charge in [0.05, 0.1) is 17.8 Å². The first-order valence-corrected chi connectivity index (χ1v) is 5.29. The van der Waals surface area contributed by atoms with Crippen LogP contribution in [-0.2, 0) is 0 Å². The van der Waals surface area contributed by atoms with Crippen molar-refractivity contribution in [1.82, 2.24) is 9.97 Å². The number of ether oxygens (including phenoxy) is 1. The monoisotopic (exact) mass is 259 g/mol. The van der Waals surface area contributed by atoms with Gasteiger partial charge in [0.1, 0.15) is 0 Å². The number of halogens is 1. The first-order chi connectivity index (χ1) is 6.67. The van der Waals surface area contributed by atoms with Crippen LogP contribution >= 0.6 is 15.9 Å². The molecule has 0 spiro atoms. The van der Waals surface area contributed by atoms with Gasteiger partial charge in [0.25, 0.3) is 0 Å². The molecule has 1 heterocycles. The van der Waals surface area contributed by atoms with Crippen molar-refractivity contribution in [2.45, 2.75) is 26.3 Å². The summed E-state index contributed by atoms with van der Waals surface area (Å²) in [7, 11) is 1.58. The Hall–Kier alpha value is -0.840. The van der Waals surface area contributed by atoms with Crippen molar-refractivity contribution in [2.75, 3.05) is 12.4 Å². The van der Waals surface area contributed by atoms with E-state index in [0.717, 1.165) is 10.9 Å². The van der Waals surface area contributed by atoms with E-state index in [1.165, 1.54) is 0 Å². The fraction of sp³-hybridized carbons (Fsp3) is 0.556. The maximum absolute atomic E-state index is 5.06. The summed E-state index contributed by atoms with van der Waals surface area (Å²) in [5.74, 6) is 1.14. The minimum atomic E-state index is 0.362. The first-order valence-electron chi connectivity index (χ1n) is 4.50. The molecule has 1 N–H and O–H groups in total. The summed E-state index contributed by atoms with van der Waals surface area (Å²) in [6, 6.07) is 0.362. The SMILES string of the molecule is CCC(C)Nc1ncc(Br)c(OC)n1. The van der Waals surface area contributed by atoms with Gasteiger partial charge in [-0.3, -0.25) is 0 Å². The molecule has 1 atom stereocenters. The highest BCUT2D eigenvalue weighted by atomic mass is 79.9. The van der Waals surface area contributed by atoms with E-state index in [0.29, 0.717) is 17.9 Å². The molecule has 0 radical (unpaired) electrons. The lowest BCUT2D eigenvalue weighted by atomic mass is 10.3. The summed E-state index contributed by atoms with van der Waals surface area (Å²) in [6.07, 6.45) is 2.71. The average molecular weight is 260 g/mol. The Morgan fingerprint density at radius 1 is 1.64 bits per heavy atom. The molecule has 0 aliphatic heterocycles. The number of aromatic nitrogens is 2. The summed E-state index contributed by atoms with van der Waals surface area (Å²) in [5, 5.41) is 3.17. The van der Waals surface area contributed by atoms with Crippen LogP contribution < -0.4 is 10.1 Å². The molecule has 0 aliphatic carbocycles. The van der Waals surface area contributed by atoms with Gasteiger partial charge in [-0.25, -0.2) is 4.98 Å². The third-order valence-electron chi connectivity index (χ3n) is 1.89. The number of nitrogens with zero attached hydrogens (tertiary/aromatic N) is 2. The molecule has 78 valence electrons. The third kappa shape index (κ3) is 2.83. The van der Waals surface area contributed by atoms with Crippen LogP contribution in [0, 0.1) is 0 Å². The van der Waals surface area contributed by atoms with Crippen LogP contribution in [0.3, 0.4) is 0 Å². The van der Waals surface area contributed by atoms with Crippen LogP contribution in [0.2, 0.25) is 0 Å². The number of rotatable bonds is 4. The van der Waals surface area contributed by atoms with Crippen molar-refractivity contribution in [2.24, 2.45) is 0 Å². The third-order valence-corrected chi connectivity index (χ3v) is 2.44. The molecule has 0 saturated carbocycles. The molecule has 1 aromatic rings. The molecule has 14 heavy (non-hydrogen) atoms. The van der Waals surface area contributed by atoms with Gasteiger partial charge in [0.2, 0.25) is 11.8 Å². The molecule has 1 rings (SSSR count). The molecule has 0 aliphatic rings. The number of hydrogen-bond donors (Lipinski definition) is 1. The van der Waals surface area contributed by atoms with E-state index in [1.54, 1.807) is 13.3 Å². The van der Waals surface area contributed by atoms with Gasteiger partial charge in [-0.05, 0) is 29.3 Å². The van der Waals surface area contributed by atoms with Gasteiger partial charge < -0.3 is 10.1 Å². The molecule has 5 heteroatoms. The van der Waals surface area contributed by atoms with Crippen LogP contribution in [0.4, 0.5) is 5.95 Å². The minimum absolute atomic E-state index is 0.362. The van der Waals surface area contributed by atoms with E-state index in [9.17, 15) is 0 Å². The fourth-order valence-corrected chi connectivity index (χ4v) is 1.24. The van der Waals surface area contributed by atoms with Gasteiger partial charge in [-0.1, -0.05) is 6.92 Å². The summed E-state index contributed by atoms with van der Waals surface area (Å²) in [6.45, 7) is 4.19. The van der Waals surface area contributed by atoms with Crippen LogP contribution in [-0.4, -0.2) is 23.1 Å². The Kier molecular flexibility index (Phi) is 4.13. The van der Waals surface area contributed by atoms with Crippen molar-refractivity contribution in [3.63, 3.8) is 0 Å². The van der Waals surface area contributed by atoms with Crippen molar-refractivity contribution in [3.05, 3.63) is 10.7 Å². The van der Waals surface area contributed by atoms with Crippen molar-refractivity contribution in [1.29, 1.82) is 0 Å². The topological polar surface area (TPSA) is 47.0 Å². The van der Waals surface area contributed by atoms with E-state index in [2.05, 4.69) is 45.1 Å². The standard InChI is InChI=1S/C9H14BrN3O/c1-4-6(2)12-9-11-5-7(10)8(13-9)14-3/h5-6H,4H2,1-3H3,(H,11,12,13). The summed E-state index contributed by atoms with van der Waals surface area (Å²) in [4.78, 5) is 8.31. The molecular weight excluding hydrogens is 246 g/mol. The average Bonchev–Trinajstić information content (AvgIpc) is 2.20. The highest BCUT2D eigenvalue weighted by Crippen LogP contribution is 2.21. The maximum Gasteiger partial charge on any atom is 0.232 e. The van der Waals surface area contributed by atoms with Crippen LogP contribution in [0.25, 0.3) is 0 Å². The van der Waals surface area contributed by atoms with Gasteiger partial charge in [-0.2, -0.15) is 4.98 Å². The summed E-state index contributed by atoms with van der Waals surface area (Å²) in [5.41, 5.74) is 0. The Morgan fingerprint density at radius 3 is 2.93 bits per heavy atom. The Bertz CT molecular complexity index is 306. The van der Waals surface area contributed by atoms with E-state index in [4.69, 9.17) is 4.74 Å². The van der Waals surface area contributed by atoms with E-state index < -0.39 is 0 Å². The molecule has 0 bridgehead atoms. The number of hydrogen-bond acceptors (Lipinski definition) is 4. The fourth-order valence-electron chi connectivity index (χ4n) is 0.887. The molecule has 0 amide bonds. The number of nitrogens with one attached hydrogen (secondary N) is 1. The van der Waals surface area contributed by atoms with Crippen molar-refractivity contribution < 1.29 is 4.74 Å². The van der Waals surface area contributed by atoms with Gasteiger partial charge >= 0.3 is 0 Å². The first kappa shape index (κ1) is 11.2. The zero-order chi connectivity index (χ0) is 10.6. The van der Waals surface area contributed by atoms with E-state index >= 15 is 0 Å². The second kappa shape index (κ2) is 5.14. The van der Waals surface area contributed by atoms with E-state index in [1.807, 2.05) is 0 Å². The van der Waals surface area contributed by atoms with Crippen LogP contribution in [0.15, 0.2) is 10.7 Å². The highest BCUT2D eigenvalue weighted by Gasteiger charge is 2.06. The minimum Gasteiger partial charge on any atom is -0.480 e. The van der Waals surface area contributed by atoms with Crippen molar-refractivity contribution >= 4 is 21.9 Å². The zero-order valence-corrected chi connectivity index (χ0v) is 10.1. The summed E-state index contributed by atoms with van der Waals surface area (Å²) >= 11 is 3.30.